The standard InChI is InChI=1S/C23H30N3O9PS/c1-5-23(31)19(28)17(34-21(23)26-12-11-18(27)24-22(26)30)13-32-36(37,35-16-9-7-6-8-10-16)25-15(4)20(29)33-14(2)3/h5-12,14-15,17,19,21,28,31H,1,13H2,2-4H3,(H,25,37)(H,24,27,30). The first-order chi connectivity index (χ1) is 17.4. The Morgan fingerprint density at radius 3 is 2.59 bits per heavy atom. The molecule has 14 heteroatoms. The van der Waals surface area contributed by atoms with Gasteiger partial charge in [0.15, 0.2) is 11.8 Å². The molecule has 3 rings (SSSR count). The van der Waals surface area contributed by atoms with E-state index in [1.807, 2.05) is 0 Å². The summed E-state index contributed by atoms with van der Waals surface area (Å²) in [5.74, 6) is -0.198. The number of rotatable bonds is 11. The third-order valence-corrected chi connectivity index (χ3v) is 7.89. The first kappa shape index (κ1) is 28.9. The number of ether oxygens (including phenoxy) is 2. The van der Waals surface area contributed by atoms with Gasteiger partial charge in [0, 0.05) is 12.3 Å². The van der Waals surface area contributed by atoms with Gasteiger partial charge in [-0.25, -0.2) is 9.88 Å². The third-order valence-electron chi connectivity index (χ3n) is 5.39. The number of para-hydroxylation sites is 1. The Labute approximate surface area is 218 Å². The molecule has 1 fully saturated rings. The number of nitrogens with zero attached hydrogens (tertiary/aromatic N) is 1. The lowest BCUT2D eigenvalue weighted by Crippen LogP contribution is -2.47. The fourth-order valence-corrected chi connectivity index (χ4v) is 5.97. The first-order valence-corrected chi connectivity index (χ1v) is 14.0. The number of aliphatic hydroxyl groups is 2. The van der Waals surface area contributed by atoms with Crippen LogP contribution < -0.4 is 20.9 Å². The van der Waals surface area contributed by atoms with Crippen molar-refractivity contribution in [3.8, 4) is 5.75 Å². The molecule has 1 aromatic carbocycles. The average Bonchev–Trinajstić information content (AvgIpc) is 3.08. The zero-order valence-electron chi connectivity index (χ0n) is 20.5. The van der Waals surface area contributed by atoms with Crippen molar-refractivity contribution in [1.29, 1.82) is 0 Å². The van der Waals surface area contributed by atoms with E-state index in [9.17, 15) is 24.6 Å². The quantitative estimate of drug-likeness (QED) is 0.178. The van der Waals surface area contributed by atoms with Gasteiger partial charge in [-0.1, -0.05) is 30.9 Å². The highest BCUT2D eigenvalue weighted by Gasteiger charge is 2.55. The Morgan fingerprint density at radius 1 is 1.32 bits per heavy atom. The molecule has 1 aromatic heterocycles. The largest absolute Gasteiger partial charge is 0.462 e. The number of aliphatic hydroxyl groups excluding tert-OH is 1. The molecule has 0 aliphatic carbocycles. The monoisotopic (exact) mass is 555 g/mol. The molecule has 0 amide bonds. The highest BCUT2D eigenvalue weighted by Crippen LogP contribution is 2.47. The summed E-state index contributed by atoms with van der Waals surface area (Å²) >= 11 is 5.64. The third kappa shape index (κ3) is 6.82. The van der Waals surface area contributed by atoms with Gasteiger partial charge in [-0.15, -0.1) is 0 Å². The summed E-state index contributed by atoms with van der Waals surface area (Å²) in [5.41, 5.74) is -3.61. The smallest absolute Gasteiger partial charge is 0.330 e. The molecule has 6 atom stereocenters. The molecule has 202 valence electrons. The lowest BCUT2D eigenvalue weighted by molar-refractivity contribution is -0.149. The molecule has 0 radical (unpaired) electrons. The molecule has 6 unspecified atom stereocenters. The summed E-state index contributed by atoms with van der Waals surface area (Å²) in [7, 11) is 0. The molecule has 1 aliphatic rings. The molecular formula is C23H30N3O9PS. The van der Waals surface area contributed by atoms with Gasteiger partial charge in [-0.3, -0.25) is 19.1 Å². The van der Waals surface area contributed by atoms with Gasteiger partial charge in [0.2, 0.25) is 0 Å². The Balaban J connectivity index is 1.83. The number of carbonyl (C=O) groups excluding carboxylic acids is 1. The van der Waals surface area contributed by atoms with Crippen LogP contribution in [0.3, 0.4) is 0 Å². The van der Waals surface area contributed by atoms with Crippen LogP contribution in [0.4, 0.5) is 0 Å². The van der Waals surface area contributed by atoms with E-state index in [-0.39, 0.29) is 6.10 Å². The summed E-state index contributed by atoms with van der Waals surface area (Å²) in [4.78, 5) is 38.2. The number of benzene rings is 1. The summed E-state index contributed by atoms with van der Waals surface area (Å²) in [6, 6.07) is 8.71. The van der Waals surface area contributed by atoms with Crippen molar-refractivity contribution in [3.63, 3.8) is 0 Å². The van der Waals surface area contributed by atoms with Gasteiger partial charge < -0.3 is 28.7 Å². The van der Waals surface area contributed by atoms with Crippen LogP contribution in [-0.2, 0) is 30.6 Å². The van der Waals surface area contributed by atoms with E-state index < -0.39 is 60.5 Å². The number of carbonyl (C=O) groups is 1. The number of hydrogen-bond acceptors (Lipinski definition) is 10. The number of hydrogen-bond donors (Lipinski definition) is 4. The summed E-state index contributed by atoms with van der Waals surface area (Å²) in [5, 5.41) is 24.8. The number of H-pyrrole nitrogens is 1. The molecule has 2 heterocycles. The second kappa shape index (κ2) is 11.8. The summed E-state index contributed by atoms with van der Waals surface area (Å²) in [6.45, 7) is 4.65. The lowest BCUT2D eigenvalue weighted by atomic mass is 9.94. The predicted molar refractivity (Wildman–Crippen MR) is 138 cm³/mol. The Bertz CT molecular complexity index is 1270. The van der Waals surface area contributed by atoms with E-state index in [1.54, 1.807) is 51.1 Å². The van der Waals surface area contributed by atoms with Gasteiger partial charge in [0.25, 0.3) is 5.56 Å². The van der Waals surface area contributed by atoms with Crippen molar-refractivity contribution < 1.29 is 33.5 Å². The van der Waals surface area contributed by atoms with Crippen molar-refractivity contribution in [2.24, 2.45) is 0 Å². The van der Waals surface area contributed by atoms with Gasteiger partial charge in [0.05, 0.1) is 12.7 Å². The van der Waals surface area contributed by atoms with E-state index in [0.29, 0.717) is 5.75 Å². The maximum Gasteiger partial charge on any atom is 0.330 e. The van der Waals surface area contributed by atoms with Crippen molar-refractivity contribution in [1.82, 2.24) is 14.6 Å². The minimum absolute atomic E-state index is 0.350. The van der Waals surface area contributed by atoms with Crippen LogP contribution in [0.25, 0.3) is 0 Å². The van der Waals surface area contributed by atoms with E-state index in [4.69, 9.17) is 30.3 Å². The maximum atomic E-state index is 12.4. The van der Waals surface area contributed by atoms with Crippen LogP contribution in [0.1, 0.15) is 27.0 Å². The van der Waals surface area contributed by atoms with Gasteiger partial charge in [-0.2, -0.15) is 0 Å². The van der Waals surface area contributed by atoms with E-state index in [2.05, 4.69) is 16.7 Å². The van der Waals surface area contributed by atoms with Crippen molar-refractivity contribution in [2.75, 3.05) is 6.61 Å². The van der Waals surface area contributed by atoms with Crippen molar-refractivity contribution >= 4 is 24.4 Å². The number of nitrogens with one attached hydrogen (secondary N) is 2. The maximum absolute atomic E-state index is 12.4. The fourth-order valence-electron chi connectivity index (χ4n) is 3.55. The van der Waals surface area contributed by atoms with E-state index in [1.165, 1.54) is 0 Å². The molecule has 37 heavy (non-hydrogen) atoms. The lowest BCUT2D eigenvalue weighted by Gasteiger charge is -2.29. The zero-order valence-corrected chi connectivity index (χ0v) is 22.2. The highest BCUT2D eigenvalue weighted by atomic mass is 32.5. The second-order valence-corrected chi connectivity index (χ2v) is 11.8. The molecule has 0 spiro atoms. The number of esters is 1. The molecule has 1 aliphatic heterocycles. The van der Waals surface area contributed by atoms with Crippen LogP contribution in [0.2, 0.25) is 0 Å². The van der Waals surface area contributed by atoms with Crippen molar-refractivity contribution in [3.05, 3.63) is 76.1 Å². The predicted octanol–water partition coefficient (Wildman–Crippen LogP) is 0.962. The molecule has 12 nitrogen and oxygen atoms in total. The van der Waals surface area contributed by atoms with Crippen LogP contribution in [0.5, 0.6) is 5.75 Å². The van der Waals surface area contributed by atoms with E-state index in [0.717, 1.165) is 22.9 Å². The Morgan fingerprint density at radius 2 is 2.00 bits per heavy atom. The van der Waals surface area contributed by atoms with Gasteiger partial charge in [0.1, 0.15) is 24.0 Å². The van der Waals surface area contributed by atoms with Crippen LogP contribution >= 0.6 is 6.64 Å². The second-order valence-electron chi connectivity index (χ2n) is 8.61. The van der Waals surface area contributed by atoms with Crippen LogP contribution in [-0.4, -0.2) is 62.3 Å². The fraction of sp³-hybridized carbons (Fsp3) is 0.435. The van der Waals surface area contributed by atoms with Crippen molar-refractivity contribution in [2.45, 2.75) is 57.0 Å². The van der Waals surface area contributed by atoms with Crippen LogP contribution in [0.15, 0.2) is 64.8 Å². The Kier molecular flexibility index (Phi) is 9.24. The number of aromatic amines is 1. The normalized spacial score (nSPS) is 25.8. The SMILES string of the molecule is C=CC1(O)C(O)C(COP(=S)(NC(C)C(=O)OC(C)C)Oc2ccccc2)OC1n1ccc(=O)[nH]c1=O. The van der Waals surface area contributed by atoms with Gasteiger partial charge in [-0.05, 0) is 44.7 Å². The molecule has 0 saturated carbocycles. The molecular weight excluding hydrogens is 525 g/mol. The minimum Gasteiger partial charge on any atom is -0.462 e. The zero-order chi connectivity index (χ0) is 27.4. The summed E-state index contributed by atoms with van der Waals surface area (Å²) in [6.07, 6.45) is -2.41. The molecule has 0 bridgehead atoms. The average molecular weight is 556 g/mol. The van der Waals surface area contributed by atoms with Gasteiger partial charge >= 0.3 is 18.3 Å². The molecule has 4 N–H and O–H groups in total. The van der Waals surface area contributed by atoms with Crippen LogP contribution in [0, 0.1) is 0 Å². The molecule has 2 aromatic rings. The topological polar surface area (TPSA) is 161 Å². The van der Waals surface area contributed by atoms with E-state index >= 15 is 0 Å². The highest BCUT2D eigenvalue weighted by molar-refractivity contribution is 8.09. The number of aromatic nitrogens is 2. The molecule has 1 saturated heterocycles. The Hall–Kier alpha value is -2.64. The first-order valence-electron chi connectivity index (χ1n) is 11.4. The summed E-state index contributed by atoms with van der Waals surface area (Å²) < 4.78 is 23.7. The minimum atomic E-state index is -3.46.